The van der Waals surface area contributed by atoms with E-state index in [0.29, 0.717) is 11.1 Å². The van der Waals surface area contributed by atoms with Gasteiger partial charge >= 0.3 is 5.97 Å². The number of phenols is 2. The van der Waals surface area contributed by atoms with E-state index in [9.17, 15) is 55.9 Å². The Morgan fingerprint density at radius 3 is 1.98 bits per heavy atom. The number of methoxy groups -OCH3 is 2. The predicted octanol–water partition coefficient (Wildman–Crippen LogP) is -2.59. The van der Waals surface area contributed by atoms with Gasteiger partial charge in [0.25, 0.3) is 0 Å². The number of carbonyl (C=O) groups excluding carboxylic acids is 1. The molecule has 0 saturated carbocycles. The number of phenolic OH excluding ortho intramolecular Hbond substituents is 2. The van der Waals surface area contributed by atoms with Gasteiger partial charge in [0, 0.05) is 6.08 Å². The van der Waals surface area contributed by atoms with Crippen molar-refractivity contribution in [2.24, 2.45) is 0 Å². The number of ether oxygens (including phenoxy) is 9. The zero-order chi connectivity index (χ0) is 41.6. The maximum absolute atomic E-state index is 13.3. The van der Waals surface area contributed by atoms with Gasteiger partial charge in [0.15, 0.2) is 48.0 Å². The molecule has 318 valence electrons. The minimum atomic E-state index is -1.93. The smallest absolute Gasteiger partial charge is 0.331 e. The number of rotatable bonds is 15. The third-order valence-electron chi connectivity index (χ3n) is 9.79. The fraction of sp³-hybridized carbons (Fsp3) is 0.595. The highest BCUT2D eigenvalue weighted by Gasteiger charge is 2.54. The van der Waals surface area contributed by atoms with Crippen LogP contribution in [0.4, 0.5) is 0 Å². The fourth-order valence-corrected chi connectivity index (χ4v) is 6.53. The van der Waals surface area contributed by atoms with Crippen molar-refractivity contribution in [1.82, 2.24) is 0 Å². The molecule has 3 aliphatic rings. The number of aliphatic hydroxyl groups is 8. The first-order valence-corrected chi connectivity index (χ1v) is 18.0. The van der Waals surface area contributed by atoms with Crippen molar-refractivity contribution in [1.29, 1.82) is 0 Å². The van der Waals surface area contributed by atoms with Crippen molar-refractivity contribution >= 4 is 12.0 Å². The summed E-state index contributed by atoms with van der Waals surface area (Å²) in [6.45, 7) is -0.300. The first kappa shape index (κ1) is 44.4. The molecule has 0 amide bonds. The standard InChI is InChI=1S/C37H50O20/c1-16-26(43)29(46)34(57-36-30(47)28(45)27(44)23(14-38)53-36)37(52-16)56-33-31(48)35(51-11-10-18-5-8-20(41)22(13-18)50-3)54-24(15-39)32(33)55-25(42)9-6-17-4-7-19(40)21(12-17)49-2/h4-9,12-13,16,23-24,26-41,43-48H,10-11,14-15H2,1-3H3/t16-,23+,24+,26-,27+,28-,29+,30+,31+,32+,33+,34+,35+,36-,37-/m0/s1. The highest BCUT2D eigenvalue weighted by molar-refractivity contribution is 5.87. The lowest BCUT2D eigenvalue weighted by Crippen LogP contribution is -2.66. The fourth-order valence-electron chi connectivity index (χ4n) is 6.53. The molecule has 5 rings (SSSR count). The third kappa shape index (κ3) is 10.3. The molecule has 3 aliphatic heterocycles. The Kier molecular flexibility index (Phi) is 15.4. The summed E-state index contributed by atoms with van der Waals surface area (Å²) in [5.74, 6) is -0.871. The second-order valence-corrected chi connectivity index (χ2v) is 13.6. The first-order chi connectivity index (χ1) is 27.2. The lowest BCUT2D eigenvalue weighted by molar-refractivity contribution is -0.386. The Labute approximate surface area is 326 Å². The number of aromatic hydroxyl groups is 2. The predicted molar refractivity (Wildman–Crippen MR) is 190 cm³/mol. The van der Waals surface area contributed by atoms with E-state index in [0.717, 1.165) is 6.08 Å². The molecular formula is C37H50O20. The Bertz CT molecular complexity index is 1640. The molecule has 20 nitrogen and oxygen atoms in total. The molecule has 10 N–H and O–H groups in total. The van der Waals surface area contributed by atoms with Gasteiger partial charge in [0.1, 0.15) is 61.0 Å². The molecular weight excluding hydrogens is 764 g/mol. The van der Waals surface area contributed by atoms with Crippen molar-refractivity contribution in [3.05, 3.63) is 53.6 Å². The molecule has 0 spiro atoms. The van der Waals surface area contributed by atoms with Crippen molar-refractivity contribution < 1.29 is 98.5 Å². The van der Waals surface area contributed by atoms with E-state index in [1.807, 2.05) is 0 Å². The number of hydrogen-bond acceptors (Lipinski definition) is 20. The van der Waals surface area contributed by atoms with Crippen LogP contribution in [-0.4, -0.2) is 183 Å². The lowest BCUT2D eigenvalue weighted by Gasteiger charge is -2.48. The monoisotopic (exact) mass is 814 g/mol. The van der Waals surface area contributed by atoms with Crippen LogP contribution in [0.25, 0.3) is 6.08 Å². The van der Waals surface area contributed by atoms with Gasteiger partial charge in [-0.2, -0.15) is 0 Å². The zero-order valence-corrected chi connectivity index (χ0v) is 31.2. The van der Waals surface area contributed by atoms with Gasteiger partial charge in [-0.25, -0.2) is 4.79 Å². The SMILES string of the molecule is COc1cc(C=CC(=O)O[C@H]2[C@H](O[C@@H]3O[C@@H](C)[C@H](O)[C@@H](O)[C@H]3O[C@@H]3O[C@H](CO)[C@@H](O)[C@H](O)[C@H]3O)[C@@H](O)[C@H](OCCc3ccc(O)c(OC)c3)O[C@@H]2CO)ccc1O. The van der Waals surface area contributed by atoms with Gasteiger partial charge in [0.2, 0.25) is 0 Å². The molecule has 2 aromatic carbocycles. The largest absolute Gasteiger partial charge is 0.504 e. The van der Waals surface area contributed by atoms with Crippen LogP contribution in [0.5, 0.6) is 23.0 Å². The summed E-state index contributed by atoms with van der Waals surface area (Å²) in [5.41, 5.74) is 1.11. The van der Waals surface area contributed by atoms with Crippen molar-refractivity contribution in [3.63, 3.8) is 0 Å². The molecule has 0 unspecified atom stereocenters. The topological polar surface area (TPSA) is 302 Å². The van der Waals surface area contributed by atoms with E-state index in [2.05, 4.69) is 0 Å². The molecule has 3 saturated heterocycles. The van der Waals surface area contributed by atoms with Crippen LogP contribution in [0, 0.1) is 0 Å². The molecule has 2 aromatic rings. The summed E-state index contributed by atoms with van der Waals surface area (Å²) < 4.78 is 50.9. The third-order valence-corrected chi connectivity index (χ3v) is 9.79. The van der Waals surface area contributed by atoms with E-state index >= 15 is 0 Å². The van der Waals surface area contributed by atoms with Crippen LogP contribution >= 0.6 is 0 Å². The highest BCUT2D eigenvalue weighted by atomic mass is 16.8. The van der Waals surface area contributed by atoms with Gasteiger partial charge in [-0.15, -0.1) is 0 Å². The van der Waals surface area contributed by atoms with Crippen molar-refractivity contribution in [3.8, 4) is 23.0 Å². The minimum absolute atomic E-state index is 0.0806. The van der Waals surface area contributed by atoms with E-state index in [1.165, 1.54) is 51.5 Å². The summed E-state index contributed by atoms with van der Waals surface area (Å²) >= 11 is 0. The summed E-state index contributed by atoms with van der Waals surface area (Å²) in [7, 11) is 2.73. The lowest BCUT2D eigenvalue weighted by atomic mass is 9.96. The summed E-state index contributed by atoms with van der Waals surface area (Å²) in [5, 5.41) is 105. The Balaban J connectivity index is 1.41. The normalized spacial score (nSPS) is 35.9. The highest BCUT2D eigenvalue weighted by Crippen LogP contribution is 2.35. The summed E-state index contributed by atoms with van der Waals surface area (Å²) in [6, 6.07) is 8.91. The Morgan fingerprint density at radius 1 is 0.684 bits per heavy atom. The van der Waals surface area contributed by atoms with Crippen LogP contribution < -0.4 is 9.47 Å². The summed E-state index contributed by atoms with van der Waals surface area (Å²) in [6.07, 6.45) is -22.4. The van der Waals surface area contributed by atoms with Crippen molar-refractivity contribution in [2.45, 2.75) is 105 Å². The van der Waals surface area contributed by atoms with Crippen LogP contribution in [0.1, 0.15) is 18.1 Å². The average molecular weight is 815 g/mol. The second-order valence-electron chi connectivity index (χ2n) is 13.6. The number of carbonyl (C=O) groups is 1. The van der Waals surface area contributed by atoms with Crippen LogP contribution in [0.3, 0.4) is 0 Å². The van der Waals surface area contributed by atoms with Gasteiger partial charge < -0.3 is 93.7 Å². The molecule has 3 heterocycles. The number of aliphatic hydroxyl groups excluding tert-OH is 8. The Hall–Kier alpha value is -3.71. The summed E-state index contributed by atoms with van der Waals surface area (Å²) in [4.78, 5) is 13.3. The van der Waals surface area contributed by atoms with E-state index in [-0.39, 0.29) is 36.0 Å². The van der Waals surface area contributed by atoms with Gasteiger partial charge in [-0.1, -0.05) is 12.1 Å². The molecule has 0 aromatic heterocycles. The average Bonchev–Trinajstić information content (AvgIpc) is 3.20. The van der Waals surface area contributed by atoms with Crippen LogP contribution in [-0.2, 0) is 44.4 Å². The number of benzene rings is 2. The van der Waals surface area contributed by atoms with Gasteiger partial charge in [-0.3, -0.25) is 0 Å². The molecule has 15 atom stereocenters. The van der Waals surface area contributed by atoms with E-state index < -0.39 is 111 Å². The van der Waals surface area contributed by atoms with Crippen LogP contribution in [0.2, 0.25) is 0 Å². The molecule has 0 radical (unpaired) electrons. The molecule has 3 fully saturated rings. The molecule has 0 bridgehead atoms. The zero-order valence-electron chi connectivity index (χ0n) is 31.2. The first-order valence-electron chi connectivity index (χ1n) is 18.0. The molecule has 0 aliphatic carbocycles. The van der Waals surface area contributed by atoms with Gasteiger partial charge in [0.05, 0.1) is 40.1 Å². The van der Waals surface area contributed by atoms with Crippen molar-refractivity contribution in [2.75, 3.05) is 34.0 Å². The molecule has 57 heavy (non-hydrogen) atoms. The number of esters is 1. The maximum atomic E-state index is 13.3. The minimum Gasteiger partial charge on any atom is -0.504 e. The van der Waals surface area contributed by atoms with E-state index in [4.69, 9.17) is 42.6 Å². The van der Waals surface area contributed by atoms with Crippen LogP contribution in [0.15, 0.2) is 42.5 Å². The maximum Gasteiger partial charge on any atom is 0.331 e. The quantitative estimate of drug-likeness (QED) is 0.0652. The van der Waals surface area contributed by atoms with Gasteiger partial charge in [-0.05, 0) is 54.8 Å². The number of hydrogen-bond donors (Lipinski definition) is 10. The van der Waals surface area contributed by atoms with E-state index in [1.54, 1.807) is 12.1 Å². The Morgan fingerprint density at radius 2 is 1.32 bits per heavy atom. The second kappa shape index (κ2) is 19.8. The molecule has 20 heteroatoms.